The number of benzene rings is 2. The molecule has 1 heterocycles. The number of hydrogen-bond donors (Lipinski definition) is 2. The van der Waals surface area contributed by atoms with Crippen molar-refractivity contribution in [2.75, 3.05) is 6.26 Å². The molecule has 1 saturated carbocycles. The lowest BCUT2D eigenvalue weighted by atomic mass is 9.81. The first-order valence-electron chi connectivity index (χ1n) is 8.28. The highest BCUT2D eigenvalue weighted by Crippen LogP contribution is 2.55. The van der Waals surface area contributed by atoms with Crippen molar-refractivity contribution in [3.63, 3.8) is 0 Å². The number of hydrogen-bond acceptors (Lipinski definition) is 2. The fraction of sp³-hybridized carbons (Fsp3) is 0.333. The van der Waals surface area contributed by atoms with Crippen LogP contribution in [0.1, 0.15) is 41.0 Å². The average molecular weight is 365 g/mol. The summed E-state index contributed by atoms with van der Waals surface area (Å²) in [6.45, 7) is 0. The van der Waals surface area contributed by atoms with Crippen LogP contribution in [0.3, 0.4) is 0 Å². The zero-order valence-electron chi connectivity index (χ0n) is 14.0. The van der Waals surface area contributed by atoms with Crippen LogP contribution in [0.15, 0.2) is 35.2 Å². The van der Waals surface area contributed by atoms with Crippen LogP contribution in [-0.2, 0) is 9.93 Å². The van der Waals surface area contributed by atoms with Crippen LogP contribution in [-0.4, -0.2) is 23.8 Å². The summed E-state index contributed by atoms with van der Waals surface area (Å²) in [5.41, 5.74) is 7.58. The van der Waals surface area contributed by atoms with Gasteiger partial charge in [-0.3, -0.25) is 4.21 Å². The lowest BCUT2D eigenvalue weighted by molar-refractivity contribution is 0.390. The van der Waals surface area contributed by atoms with Crippen molar-refractivity contribution in [1.82, 2.24) is 0 Å². The third-order valence-electron chi connectivity index (χ3n) is 5.62. The van der Waals surface area contributed by atoms with Gasteiger partial charge in [-0.25, -0.2) is 13.2 Å². The van der Waals surface area contributed by atoms with Gasteiger partial charge in [-0.05, 0) is 53.8 Å². The van der Waals surface area contributed by atoms with Crippen molar-refractivity contribution in [3.8, 4) is 0 Å². The van der Waals surface area contributed by atoms with E-state index in [1.165, 1.54) is 18.4 Å². The largest absolute Gasteiger partial charge is 0.321 e. The second-order valence-electron chi connectivity index (χ2n) is 7.25. The normalized spacial score (nSPS) is 30.8. The molecular formula is C18H19BF3NOS. The minimum atomic E-state index is -3.11. The van der Waals surface area contributed by atoms with Gasteiger partial charge in [0.15, 0.2) is 5.50 Å². The van der Waals surface area contributed by atoms with Gasteiger partial charge in [-0.1, -0.05) is 27.0 Å². The maximum atomic E-state index is 14.4. The summed E-state index contributed by atoms with van der Waals surface area (Å²) in [5.74, 6) is -1.01. The van der Waals surface area contributed by atoms with Crippen molar-refractivity contribution in [2.45, 2.75) is 34.7 Å². The summed E-state index contributed by atoms with van der Waals surface area (Å²) in [6.07, 6.45) is 2.22. The Morgan fingerprint density at radius 1 is 1.16 bits per heavy atom. The predicted octanol–water partition coefficient (Wildman–Crippen LogP) is 1.81. The van der Waals surface area contributed by atoms with Crippen LogP contribution in [0.2, 0.25) is 0 Å². The van der Waals surface area contributed by atoms with Crippen LogP contribution < -0.4 is 11.2 Å². The lowest BCUT2D eigenvalue weighted by Crippen LogP contribution is -2.28. The van der Waals surface area contributed by atoms with Crippen LogP contribution in [0, 0.1) is 11.6 Å². The molecular weight excluding hydrogens is 346 g/mol. The van der Waals surface area contributed by atoms with Gasteiger partial charge in [0, 0.05) is 11.0 Å². The number of halogens is 3. The Kier molecular flexibility index (Phi) is 3.67. The summed E-state index contributed by atoms with van der Waals surface area (Å²) in [4.78, 5) is 0.530. The van der Waals surface area contributed by atoms with Gasteiger partial charge in [-0.15, -0.1) is 0 Å². The third kappa shape index (κ3) is 2.47. The molecule has 2 nitrogen and oxygen atoms in total. The second kappa shape index (κ2) is 5.45. The molecule has 132 valence electrons. The molecule has 4 unspecified atom stereocenters. The number of nitrogens with two attached hydrogens (primary N) is 1. The molecule has 2 aromatic rings. The van der Waals surface area contributed by atoms with Gasteiger partial charge in [-0.2, -0.15) is 0 Å². The van der Waals surface area contributed by atoms with E-state index in [4.69, 9.17) is 5.73 Å². The highest BCUT2D eigenvalue weighted by molar-refractivity contribution is 8.03. The van der Waals surface area contributed by atoms with Crippen LogP contribution in [0.25, 0.3) is 0 Å². The maximum absolute atomic E-state index is 14.4. The number of rotatable bonds is 2. The maximum Gasteiger partial charge on any atom is 0.175 e. The molecule has 2 N–H and O–H groups in total. The topological polar surface area (TPSA) is 43.1 Å². The van der Waals surface area contributed by atoms with Gasteiger partial charge < -0.3 is 5.73 Å². The minimum Gasteiger partial charge on any atom is -0.321 e. The van der Waals surface area contributed by atoms with E-state index in [0.29, 0.717) is 16.0 Å². The number of fused-ring (bicyclic) bond motifs is 1. The molecule has 0 spiro atoms. The molecule has 0 bridgehead atoms. The summed E-state index contributed by atoms with van der Waals surface area (Å²) < 4.78 is 53.9. The monoisotopic (exact) mass is 365 g/mol. The van der Waals surface area contributed by atoms with E-state index in [9.17, 15) is 17.4 Å². The van der Waals surface area contributed by atoms with Gasteiger partial charge in [0.05, 0.1) is 6.04 Å². The van der Waals surface area contributed by atoms with Gasteiger partial charge in [0.2, 0.25) is 0 Å². The van der Waals surface area contributed by atoms with E-state index in [1.54, 1.807) is 6.07 Å². The van der Waals surface area contributed by atoms with Crippen molar-refractivity contribution in [2.24, 2.45) is 5.73 Å². The molecule has 25 heavy (non-hydrogen) atoms. The summed E-state index contributed by atoms with van der Waals surface area (Å²) in [5, 5.41) is 0. The molecule has 2 aliphatic rings. The van der Waals surface area contributed by atoms with E-state index in [1.807, 2.05) is 13.9 Å². The van der Waals surface area contributed by atoms with Crippen molar-refractivity contribution in [1.29, 1.82) is 0 Å². The number of thiol groups is 1. The predicted molar refractivity (Wildman–Crippen MR) is 96.6 cm³/mol. The Labute approximate surface area is 146 Å². The van der Waals surface area contributed by atoms with E-state index >= 15 is 0 Å². The molecule has 1 aliphatic carbocycles. The lowest BCUT2D eigenvalue weighted by Gasteiger charge is -2.16. The first kappa shape index (κ1) is 16.9. The van der Waals surface area contributed by atoms with Crippen LogP contribution >= 0.6 is 0 Å². The molecule has 1 fully saturated rings. The molecule has 4 rings (SSSR count). The molecule has 0 saturated heterocycles. The summed E-state index contributed by atoms with van der Waals surface area (Å²) in [7, 11) is -1.25. The molecule has 4 atom stereocenters. The van der Waals surface area contributed by atoms with Crippen molar-refractivity contribution in [3.05, 3.63) is 58.7 Å². The molecule has 1 aliphatic heterocycles. The van der Waals surface area contributed by atoms with Crippen LogP contribution in [0.4, 0.5) is 13.2 Å². The van der Waals surface area contributed by atoms with Gasteiger partial charge >= 0.3 is 0 Å². The zero-order valence-corrected chi connectivity index (χ0v) is 14.9. The fourth-order valence-corrected chi connectivity index (χ4v) is 6.41. The molecule has 7 heteroatoms. The first-order valence-corrected chi connectivity index (χ1v) is 10.5. The molecule has 0 aromatic heterocycles. The Hall–Kier alpha value is -1.60. The van der Waals surface area contributed by atoms with E-state index in [0.717, 1.165) is 23.5 Å². The molecule has 0 amide bonds. The smallest absolute Gasteiger partial charge is 0.175 e. The first-order chi connectivity index (χ1) is 11.7. The third-order valence-corrected chi connectivity index (χ3v) is 8.22. The summed E-state index contributed by atoms with van der Waals surface area (Å²) >= 11 is 0. The second-order valence-corrected chi connectivity index (χ2v) is 10.2. The van der Waals surface area contributed by atoms with E-state index in [2.05, 4.69) is 0 Å². The average Bonchev–Trinajstić information content (AvgIpc) is 3.29. The van der Waals surface area contributed by atoms with Crippen molar-refractivity contribution < 1.29 is 17.4 Å². The Morgan fingerprint density at radius 3 is 2.44 bits per heavy atom. The fourth-order valence-electron chi connectivity index (χ4n) is 4.21. The van der Waals surface area contributed by atoms with Crippen LogP contribution in [0.5, 0.6) is 0 Å². The van der Waals surface area contributed by atoms with Crippen molar-refractivity contribution >= 4 is 23.2 Å². The Balaban J connectivity index is 1.72. The van der Waals surface area contributed by atoms with Gasteiger partial charge in [0.25, 0.3) is 0 Å². The SMILES string of the molecule is Bc1c(C2CC2c2cc(F)cc(F)c2)ccc2c1C(N)C(F)[SH]2(C)=O. The molecule has 2 aromatic carbocycles. The standard InChI is InChI=1S/C18H19BF3NOS/c1-25(24)14-3-2-11(16(19)15(14)17(23)18(25)22)13-7-12(13)8-4-9(20)6-10(21)5-8/h2-6,12-13,17-18,25H,7,19,23H2,1H3. The highest BCUT2D eigenvalue weighted by Gasteiger charge is 2.45. The number of alkyl halides is 1. The Bertz CT molecular complexity index is 915. The minimum absolute atomic E-state index is 0.0363. The summed E-state index contributed by atoms with van der Waals surface area (Å²) in [6, 6.07) is 6.30. The van der Waals surface area contributed by atoms with E-state index < -0.39 is 33.1 Å². The highest BCUT2D eigenvalue weighted by atomic mass is 32.2. The van der Waals surface area contributed by atoms with Gasteiger partial charge in [0.1, 0.15) is 19.5 Å². The Morgan fingerprint density at radius 2 is 1.80 bits per heavy atom. The van der Waals surface area contributed by atoms with E-state index in [-0.39, 0.29) is 11.8 Å². The quantitative estimate of drug-likeness (QED) is 0.630. The molecule has 0 radical (unpaired) electrons. The zero-order chi connectivity index (χ0) is 18.1.